The zero-order chi connectivity index (χ0) is 16.2. The van der Waals surface area contributed by atoms with Crippen LogP contribution < -0.4 is 5.32 Å². The molecule has 1 atom stereocenters. The molecule has 0 saturated carbocycles. The molecule has 0 bridgehead atoms. The van der Waals surface area contributed by atoms with E-state index in [-0.39, 0.29) is 17.7 Å². The number of carbonyl (C=O) groups excluding carboxylic acids is 1. The maximum absolute atomic E-state index is 12.4. The molecule has 1 aromatic rings. The van der Waals surface area contributed by atoms with E-state index in [2.05, 4.69) is 10.4 Å². The summed E-state index contributed by atoms with van der Waals surface area (Å²) >= 11 is 0. The van der Waals surface area contributed by atoms with Gasteiger partial charge in [-0.25, -0.2) is 0 Å². The molecule has 0 aliphatic carbocycles. The predicted octanol–water partition coefficient (Wildman–Crippen LogP) is 2.08. The van der Waals surface area contributed by atoms with Crippen molar-refractivity contribution < 1.29 is 14.7 Å². The van der Waals surface area contributed by atoms with Gasteiger partial charge in [0.25, 0.3) is 5.91 Å². The van der Waals surface area contributed by atoms with Crippen molar-refractivity contribution in [3.8, 4) is 0 Å². The number of nitrogens with zero attached hydrogens (tertiary/aromatic N) is 2. The van der Waals surface area contributed by atoms with E-state index in [0.29, 0.717) is 12.2 Å². The second-order valence-corrected chi connectivity index (χ2v) is 6.18. The lowest BCUT2D eigenvalue weighted by Crippen LogP contribution is -2.45. The third kappa shape index (κ3) is 4.58. The van der Waals surface area contributed by atoms with Crippen LogP contribution in [0.15, 0.2) is 6.07 Å². The molecule has 0 spiro atoms. The van der Waals surface area contributed by atoms with E-state index in [1.54, 1.807) is 10.7 Å². The standard InChI is InChI=1S/C15H25N3O3/c1-6-10-8-11(18(7-2)17-10)14(21)16-12(9-13(19)20)15(3,4)5/h8,12H,6-7,9H2,1-5H3,(H,16,21)(H,19,20). The third-order valence-electron chi connectivity index (χ3n) is 3.45. The molecular formula is C15H25N3O3. The first-order chi connectivity index (χ1) is 9.68. The molecule has 1 unspecified atom stereocenters. The molecule has 2 N–H and O–H groups in total. The number of carbonyl (C=O) groups is 2. The van der Waals surface area contributed by atoms with Gasteiger partial charge in [0, 0.05) is 12.6 Å². The van der Waals surface area contributed by atoms with Crippen molar-refractivity contribution in [1.29, 1.82) is 0 Å². The Morgan fingerprint density at radius 1 is 1.38 bits per heavy atom. The third-order valence-corrected chi connectivity index (χ3v) is 3.45. The fourth-order valence-electron chi connectivity index (χ4n) is 2.05. The van der Waals surface area contributed by atoms with E-state index in [9.17, 15) is 9.59 Å². The van der Waals surface area contributed by atoms with E-state index in [1.165, 1.54) is 0 Å². The van der Waals surface area contributed by atoms with E-state index < -0.39 is 12.0 Å². The van der Waals surface area contributed by atoms with E-state index in [0.717, 1.165) is 12.1 Å². The van der Waals surface area contributed by atoms with Gasteiger partial charge in [-0.3, -0.25) is 14.3 Å². The Kier molecular flexibility index (Phi) is 5.52. The molecule has 0 radical (unpaired) electrons. The maximum atomic E-state index is 12.4. The normalized spacial score (nSPS) is 13.0. The molecule has 0 saturated heterocycles. The molecule has 0 aliphatic rings. The van der Waals surface area contributed by atoms with Gasteiger partial charge in [-0.05, 0) is 24.8 Å². The van der Waals surface area contributed by atoms with Crippen molar-refractivity contribution in [3.63, 3.8) is 0 Å². The van der Waals surface area contributed by atoms with E-state index in [1.807, 2.05) is 34.6 Å². The van der Waals surface area contributed by atoms with Gasteiger partial charge >= 0.3 is 5.97 Å². The summed E-state index contributed by atoms with van der Waals surface area (Å²) in [6.07, 6.45) is 0.654. The first kappa shape index (κ1) is 17.2. The van der Waals surface area contributed by atoms with Crippen LogP contribution in [0.4, 0.5) is 0 Å². The number of nitrogens with one attached hydrogen (secondary N) is 1. The molecule has 21 heavy (non-hydrogen) atoms. The highest BCUT2D eigenvalue weighted by molar-refractivity contribution is 5.93. The lowest BCUT2D eigenvalue weighted by molar-refractivity contribution is -0.138. The molecule has 0 aromatic carbocycles. The number of amides is 1. The van der Waals surface area contributed by atoms with Crippen LogP contribution in [0.5, 0.6) is 0 Å². The summed E-state index contributed by atoms with van der Waals surface area (Å²) in [5.74, 6) is -1.20. The summed E-state index contributed by atoms with van der Waals surface area (Å²) in [6.45, 7) is 10.2. The summed E-state index contributed by atoms with van der Waals surface area (Å²) in [5, 5.41) is 16.2. The first-order valence-corrected chi connectivity index (χ1v) is 7.28. The minimum Gasteiger partial charge on any atom is -0.481 e. The summed E-state index contributed by atoms with van der Waals surface area (Å²) < 4.78 is 1.65. The summed E-state index contributed by atoms with van der Waals surface area (Å²) in [7, 11) is 0. The molecule has 118 valence electrons. The van der Waals surface area contributed by atoms with Gasteiger partial charge in [-0.2, -0.15) is 5.10 Å². The number of carboxylic acid groups (broad SMARTS) is 1. The van der Waals surface area contributed by atoms with Crippen LogP contribution in [-0.4, -0.2) is 32.8 Å². The number of hydrogen-bond donors (Lipinski definition) is 2. The molecule has 6 nitrogen and oxygen atoms in total. The van der Waals surface area contributed by atoms with Crippen LogP contribution in [0, 0.1) is 5.41 Å². The second-order valence-electron chi connectivity index (χ2n) is 6.18. The van der Waals surface area contributed by atoms with Crippen LogP contribution in [0.25, 0.3) is 0 Å². The molecule has 1 rings (SSSR count). The van der Waals surface area contributed by atoms with Crippen LogP contribution in [0.1, 0.15) is 57.2 Å². The van der Waals surface area contributed by atoms with Gasteiger partial charge in [0.2, 0.25) is 0 Å². The number of aryl methyl sites for hydroxylation is 2. The SMILES string of the molecule is CCc1cc(C(=O)NC(CC(=O)O)C(C)(C)C)n(CC)n1. The van der Waals surface area contributed by atoms with Gasteiger partial charge in [-0.1, -0.05) is 27.7 Å². The molecule has 6 heteroatoms. The molecule has 1 aromatic heterocycles. The zero-order valence-corrected chi connectivity index (χ0v) is 13.4. The number of carboxylic acids is 1. The average Bonchev–Trinajstić information content (AvgIpc) is 2.79. The van der Waals surface area contributed by atoms with Gasteiger partial charge in [0.15, 0.2) is 0 Å². The largest absolute Gasteiger partial charge is 0.481 e. The van der Waals surface area contributed by atoms with Gasteiger partial charge in [0.1, 0.15) is 5.69 Å². The number of rotatable bonds is 6. The molecular weight excluding hydrogens is 270 g/mol. The average molecular weight is 295 g/mol. The topological polar surface area (TPSA) is 84.2 Å². The Labute approximate surface area is 125 Å². The van der Waals surface area contributed by atoms with Crippen molar-refractivity contribution in [1.82, 2.24) is 15.1 Å². The summed E-state index contributed by atoms with van der Waals surface area (Å²) in [4.78, 5) is 23.4. The van der Waals surface area contributed by atoms with Crippen LogP contribution in [-0.2, 0) is 17.8 Å². The molecule has 0 fully saturated rings. The lowest BCUT2D eigenvalue weighted by atomic mass is 9.84. The Hall–Kier alpha value is -1.85. The minimum atomic E-state index is -0.923. The van der Waals surface area contributed by atoms with Crippen LogP contribution in [0.3, 0.4) is 0 Å². The molecule has 1 amide bonds. The van der Waals surface area contributed by atoms with Crippen molar-refractivity contribution in [2.75, 3.05) is 0 Å². The Bertz CT molecular complexity index is 515. The fourth-order valence-corrected chi connectivity index (χ4v) is 2.05. The molecule has 0 aliphatic heterocycles. The van der Waals surface area contributed by atoms with Crippen LogP contribution in [0.2, 0.25) is 0 Å². The summed E-state index contributed by atoms with van der Waals surface area (Å²) in [6, 6.07) is 1.33. The van der Waals surface area contributed by atoms with E-state index in [4.69, 9.17) is 5.11 Å². The monoisotopic (exact) mass is 295 g/mol. The number of aromatic nitrogens is 2. The second kappa shape index (κ2) is 6.74. The molecule has 1 heterocycles. The van der Waals surface area contributed by atoms with Gasteiger partial charge in [0.05, 0.1) is 12.1 Å². The zero-order valence-electron chi connectivity index (χ0n) is 13.4. The minimum absolute atomic E-state index is 0.101. The van der Waals surface area contributed by atoms with Crippen molar-refractivity contribution >= 4 is 11.9 Å². The van der Waals surface area contributed by atoms with Gasteiger partial charge in [-0.15, -0.1) is 0 Å². The maximum Gasteiger partial charge on any atom is 0.305 e. The summed E-state index contributed by atoms with van der Waals surface area (Å²) in [5.41, 5.74) is 1.00. The Balaban J connectivity index is 2.96. The number of hydrogen-bond acceptors (Lipinski definition) is 3. The Morgan fingerprint density at radius 3 is 2.43 bits per heavy atom. The Morgan fingerprint density at radius 2 is 2.00 bits per heavy atom. The predicted molar refractivity (Wildman–Crippen MR) is 80.2 cm³/mol. The quantitative estimate of drug-likeness (QED) is 0.841. The van der Waals surface area contributed by atoms with Crippen molar-refractivity contribution in [3.05, 3.63) is 17.5 Å². The van der Waals surface area contributed by atoms with Gasteiger partial charge < -0.3 is 10.4 Å². The highest BCUT2D eigenvalue weighted by Gasteiger charge is 2.29. The lowest BCUT2D eigenvalue weighted by Gasteiger charge is -2.30. The smallest absolute Gasteiger partial charge is 0.305 e. The van der Waals surface area contributed by atoms with E-state index >= 15 is 0 Å². The fraction of sp³-hybridized carbons (Fsp3) is 0.667. The number of aliphatic carboxylic acids is 1. The van der Waals surface area contributed by atoms with Crippen LogP contribution >= 0.6 is 0 Å². The highest BCUT2D eigenvalue weighted by Crippen LogP contribution is 2.22. The van der Waals surface area contributed by atoms with Crippen molar-refractivity contribution in [2.45, 2.75) is 60.0 Å². The first-order valence-electron chi connectivity index (χ1n) is 7.28. The highest BCUT2D eigenvalue weighted by atomic mass is 16.4. The van der Waals surface area contributed by atoms with Crippen molar-refractivity contribution in [2.24, 2.45) is 5.41 Å².